The summed E-state index contributed by atoms with van der Waals surface area (Å²) < 4.78 is 0. The van der Waals surface area contributed by atoms with Crippen LogP contribution in [-0.2, 0) is 13.2 Å². The minimum absolute atomic E-state index is 0.0441. The maximum absolute atomic E-state index is 10.2. The highest BCUT2D eigenvalue weighted by Crippen LogP contribution is 2.22. The van der Waals surface area contributed by atoms with E-state index in [9.17, 15) is 5.11 Å². The number of hydrogen-bond donors (Lipinski definition) is 3. The molecule has 1 fully saturated rings. The van der Waals surface area contributed by atoms with Gasteiger partial charge in [-0.05, 0) is 0 Å². The first-order chi connectivity index (χ1) is 10.2. The predicted octanol–water partition coefficient (Wildman–Crippen LogP) is 0.0416. The Balaban J connectivity index is 1.64. The van der Waals surface area contributed by atoms with Crippen LogP contribution in [0, 0.1) is 0 Å². The van der Waals surface area contributed by atoms with Gasteiger partial charge in [-0.15, -0.1) is 11.3 Å². The van der Waals surface area contributed by atoms with Crippen molar-refractivity contribution in [2.75, 3.05) is 31.1 Å². The van der Waals surface area contributed by atoms with E-state index in [4.69, 9.17) is 5.11 Å². The molecule has 1 saturated heterocycles. The molecule has 3 heterocycles. The molecule has 8 heteroatoms. The Bertz CT molecular complexity index is 559. The van der Waals surface area contributed by atoms with Crippen LogP contribution in [0.4, 0.5) is 5.13 Å². The molecule has 0 radical (unpaired) electrons. The number of nitrogens with one attached hydrogen (secondary N) is 1. The van der Waals surface area contributed by atoms with Gasteiger partial charge in [-0.3, -0.25) is 4.90 Å². The fourth-order valence-corrected chi connectivity index (χ4v) is 3.34. The lowest BCUT2D eigenvalue weighted by Gasteiger charge is -2.20. The number of H-pyrrole nitrogens is 1. The van der Waals surface area contributed by atoms with Gasteiger partial charge in [-0.25, -0.2) is 9.97 Å². The Morgan fingerprint density at radius 1 is 1.38 bits per heavy atom. The monoisotopic (exact) mass is 309 g/mol. The van der Waals surface area contributed by atoms with Gasteiger partial charge in [0.25, 0.3) is 0 Å². The van der Waals surface area contributed by atoms with E-state index in [1.807, 2.05) is 11.6 Å². The summed E-state index contributed by atoms with van der Waals surface area (Å²) in [4.78, 5) is 16.0. The first-order valence-electron chi connectivity index (χ1n) is 6.93. The molecule has 114 valence electrons. The average molecular weight is 309 g/mol. The number of aromatic amines is 1. The van der Waals surface area contributed by atoms with E-state index in [0.717, 1.165) is 24.0 Å². The molecule has 3 N–H and O–H groups in total. The van der Waals surface area contributed by atoms with Crippen molar-refractivity contribution in [2.45, 2.75) is 19.3 Å². The van der Waals surface area contributed by atoms with Crippen molar-refractivity contribution in [3.8, 4) is 0 Å². The van der Waals surface area contributed by atoms with Crippen molar-refractivity contribution in [2.24, 2.45) is 0 Å². The highest BCUT2D eigenvalue weighted by atomic mass is 32.1. The van der Waals surface area contributed by atoms with Gasteiger partial charge in [0, 0.05) is 44.0 Å². The quantitative estimate of drug-likeness (QED) is 0.739. The van der Waals surface area contributed by atoms with Crippen molar-refractivity contribution in [1.82, 2.24) is 19.9 Å². The Morgan fingerprint density at radius 2 is 2.29 bits per heavy atom. The van der Waals surface area contributed by atoms with Crippen LogP contribution in [0.25, 0.3) is 0 Å². The minimum atomic E-state index is -0.427. The van der Waals surface area contributed by atoms with E-state index < -0.39 is 6.10 Å². The summed E-state index contributed by atoms with van der Waals surface area (Å²) >= 11 is 1.51. The normalized spacial score (nSPS) is 20.7. The standard InChI is InChI=1S/C13H19N5O2S/c19-8-10-9-21-13(16-10)18-4-3-17(5-11(20)6-18)7-12-14-1-2-15-12/h1-2,9,11,19-20H,3-8H2,(H,14,15)/t11-/m1/s1. The van der Waals surface area contributed by atoms with E-state index in [1.54, 1.807) is 6.20 Å². The van der Waals surface area contributed by atoms with Gasteiger partial charge in [0.2, 0.25) is 0 Å². The highest BCUT2D eigenvalue weighted by molar-refractivity contribution is 7.13. The second kappa shape index (κ2) is 6.52. The molecule has 1 aliphatic heterocycles. The lowest BCUT2D eigenvalue weighted by molar-refractivity contribution is 0.128. The lowest BCUT2D eigenvalue weighted by atomic mass is 10.3. The fraction of sp³-hybridized carbons (Fsp3) is 0.538. The molecule has 7 nitrogen and oxygen atoms in total. The number of imidazole rings is 1. The Kier molecular flexibility index (Phi) is 4.49. The first-order valence-corrected chi connectivity index (χ1v) is 7.81. The van der Waals surface area contributed by atoms with Crippen LogP contribution in [0.15, 0.2) is 17.8 Å². The number of thiazole rings is 1. The molecule has 0 saturated carbocycles. The van der Waals surface area contributed by atoms with Crippen LogP contribution in [-0.4, -0.2) is 62.3 Å². The van der Waals surface area contributed by atoms with E-state index in [-0.39, 0.29) is 6.61 Å². The summed E-state index contributed by atoms with van der Waals surface area (Å²) in [6.07, 6.45) is 3.12. The molecule has 0 aromatic carbocycles. The third-order valence-corrected chi connectivity index (χ3v) is 4.44. The van der Waals surface area contributed by atoms with E-state index in [0.29, 0.717) is 25.3 Å². The Morgan fingerprint density at radius 3 is 3.00 bits per heavy atom. The average Bonchev–Trinajstić information content (AvgIpc) is 3.10. The fourth-order valence-electron chi connectivity index (χ4n) is 2.48. The molecular formula is C13H19N5O2S. The zero-order chi connectivity index (χ0) is 14.7. The minimum Gasteiger partial charge on any atom is -0.390 e. The Hall–Kier alpha value is -1.48. The summed E-state index contributed by atoms with van der Waals surface area (Å²) in [5, 5.41) is 22.0. The van der Waals surface area contributed by atoms with Crippen molar-refractivity contribution in [3.05, 3.63) is 29.3 Å². The van der Waals surface area contributed by atoms with Crippen LogP contribution in [0.2, 0.25) is 0 Å². The molecule has 1 atom stereocenters. The number of hydrogen-bond acceptors (Lipinski definition) is 7. The highest BCUT2D eigenvalue weighted by Gasteiger charge is 2.23. The van der Waals surface area contributed by atoms with Crippen LogP contribution >= 0.6 is 11.3 Å². The maximum Gasteiger partial charge on any atom is 0.185 e. The van der Waals surface area contributed by atoms with Gasteiger partial charge in [-0.2, -0.15) is 0 Å². The molecule has 0 bridgehead atoms. The molecule has 0 amide bonds. The summed E-state index contributed by atoms with van der Waals surface area (Å²) in [5.41, 5.74) is 0.682. The van der Waals surface area contributed by atoms with Crippen molar-refractivity contribution in [3.63, 3.8) is 0 Å². The van der Waals surface area contributed by atoms with Crippen LogP contribution in [0.1, 0.15) is 11.5 Å². The zero-order valence-corrected chi connectivity index (χ0v) is 12.5. The van der Waals surface area contributed by atoms with Crippen LogP contribution in [0.3, 0.4) is 0 Å². The molecule has 1 aliphatic rings. The first kappa shape index (κ1) is 14.5. The number of aliphatic hydroxyl groups is 2. The number of rotatable bonds is 4. The van der Waals surface area contributed by atoms with Crippen LogP contribution in [0.5, 0.6) is 0 Å². The van der Waals surface area contributed by atoms with Gasteiger partial charge in [0.05, 0.1) is 24.9 Å². The molecule has 21 heavy (non-hydrogen) atoms. The molecule has 3 rings (SSSR count). The summed E-state index contributed by atoms with van der Waals surface area (Å²) in [6.45, 7) is 3.49. The third-order valence-electron chi connectivity index (χ3n) is 3.49. The van der Waals surface area contributed by atoms with Gasteiger partial charge in [0.1, 0.15) is 5.82 Å². The number of aliphatic hydroxyl groups excluding tert-OH is 2. The van der Waals surface area contributed by atoms with Crippen molar-refractivity contribution < 1.29 is 10.2 Å². The van der Waals surface area contributed by atoms with E-state index in [2.05, 4.69) is 24.8 Å². The van der Waals surface area contributed by atoms with E-state index >= 15 is 0 Å². The molecule has 0 unspecified atom stereocenters. The second-order valence-electron chi connectivity index (χ2n) is 5.15. The predicted molar refractivity (Wildman–Crippen MR) is 80.1 cm³/mol. The second-order valence-corrected chi connectivity index (χ2v) is 5.99. The molecule has 0 aliphatic carbocycles. The topological polar surface area (TPSA) is 88.5 Å². The lowest BCUT2D eigenvalue weighted by Crippen LogP contribution is -2.33. The molecular weight excluding hydrogens is 290 g/mol. The SMILES string of the molecule is OCc1csc(N2CCN(Cc3ncc[nH]3)C[C@@H](O)C2)n1. The summed E-state index contributed by atoms with van der Waals surface area (Å²) in [6, 6.07) is 0. The van der Waals surface area contributed by atoms with E-state index in [1.165, 1.54) is 11.3 Å². The van der Waals surface area contributed by atoms with Gasteiger partial charge in [-0.1, -0.05) is 0 Å². The zero-order valence-electron chi connectivity index (χ0n) is 11.6. The summed E-state index contributed by atoms with van der Waals surface area (Å²) in [7, 11) is 0. The number of anilines is 1. The van der Waals surface area contributed by atoms with Gasteiger partial charge in [0.15, 0.2) is 5.13 Å². The van der Waals surface area contributed by atoms with Crippen molar-refractivity contribution in [1.29, 1.82) is 0 Å². The molecule has 0 spiro atoms. The largest absolute Gasteiger partial charge is 0.390 e. The maximum atomic E-state index is 10.2. The van der Waals surface area contributed by atoms with Crippen LogP contribution < -0.4 is 4.90 Å². The molecule has 2 aromatic rings. The molecule has 2 aromatic heterocycles. The number of nitrogens with zero attached hydrogens (tertiary/aromatic N) is 4. The van der Waals surface area contributed by atoms with Gasteiger partial charge < -0.3 is 20.1 Å². The van der Waals surface area contributed by atoms with Crippen molar-refractivity contribution >= 4 is 16.5 Å². The number of β-amino-alcohol motifs (C(OH)–C–C–N with tert-alkyl or cyclic N) is 1. The smallest absolute Gasteiger partial charge is 0.185 e. The van der Waals surface area contributed by atoms with Gasteiger partial charge >= 0.3 is 0 Å². The summed E-state index contributed by atoms with van der Waals surface area (Å²) in [5.74, 6) is 0.910. The number of aromatic nitrogens is 3. The third kappa shape index (κ3) is 3.59. The Labute approximate surface area is 126 Å².